The maximum absolute atomic E-state index is 14.5. The molecule has 17 heteroatoms. The number of hydrogen-bond acceptors (Lipinski definition) is 14. The minimum absolute atomic E-state index is 0.0709. The number of benzene rings is 1. The smallest absolute Gasteiger partial charge is 0.174 e. The molecule has 214 valence electrons. The van der Waals surface area contributed by atoms with Gasteiger partial charge >= 0.3 is 0 Å². The Morgan fingerprint density at radius 2 is 1.52 bits per heavy atom. The van der Waals surface area contributed by atoms with Gasteiger partial charge in [-0.15, -0.1) is 0 Å². The second kappa shape index (κ2) is 12.0. The number of aliphatic hydroxyl groups excluding tert-OH is 1. The molecule has 0 amide bonds. The second-order valence-electron chi connectivity index (χ2n) is 8.52. The fraction of sp³-hybridized carbons (Fsp3) is 0.304. The first kappa shape index (κ1) is 33.2. The summed E-state index contributed by atoms with van der Waals surface area (Å²) in [7, 11) is 0. The molecule has 0 atom stereocenters. The van der Waals surface area contributed by atoms with Gasteiger partial charge in [-0.25, -0.2) is 13.8 Å². The zero-order valence-corrected chi connectivity index (χ0v) is 28.7. The van der Waals surface area contributed by atoms with Crippen LogP contribution in [0.2, 0.25) is 0 Å². The molecule has 0 bridgehead atoms. The van der Waals surface area contributed by atoms with Crippen LogP contribution in [0, 0.1) is 23.5 Å². The summed E-state index contributed by atoms with van der Waals surface area (Å²) >= 11 is 43.9. The van der Waals surface area contributed by atoms with Gasteiger partial charge in [0.15, 0.2) is 5.16 Å². The SMILES string of the molecule is OCC#Cc1c(F)cc(OCc2cnc(SC3(S)C(S)(S)C(S)(S)C(S)(S)C3(S)S)n2-c2cccnc2)cc1F. The Morgan fingerprint density at radius 3 is 2.05 bits per heavy atom. The number of pyridine rings is 1. The number of aliphatic hydroxyl groups is 1. The number of nitrogens with zero attached hydrogens (tertiary/aromatic N) is 3. The average Bonchev–Trinajstić information content (AvgIpc) is 3.30. The van der Waals surface area contributed by atoms with Gasteiger partial charge in [-0.05, 0) is 12.1 Å². The summed E-state index contributed by atoms with van der Waals surface area (Å²) in [5, 5.41) is 9.21. The van der Waals surface area contributed by atoms with E-state index in [1.165, 1.54) is 6.20 Å². The van der Waals surface area contributed by atoms with E-state index in [1.54, 1.807) is 29.1 Å². The minimum Gasteiger partial charge on any atom is -0.487 e. The predicted octanol–water partition coefficient (Wildman–Crippen LogP) is 5.42. The van der Waals surface area contributed by atoms with Crippen LogP contribution in [0.4, 0.5) is 8.78 Å². The third-order valence-corrected chi connectivity index (χ3v) is 17.2. The van der Waals surface area contributed by atoms with E-state index in [1.807, 2.05) is 0 Å². The fourth-order valence-corrected chi connectivity index (χ4v) is 10.6. The molecule has 0 unspecified atom stereocenters. The van der Waals surface area contributed by atoms with Crippen molar-refractivity contribution in [2.24, 2.45) is 0 Å². The molecule has 3 aromatic rings. The van der Waals surface area contributed by atoms with Crippen molar-refractivity contribution >= 4 is 125 Å². The van der Waals surface area contributed by atoms with E-state index >= 15 is 0 Å². The van der Waals surface area contributed by atoms with Gasteiger partial charge in [-0.3, -0.25) is 9.55 Å². The number of aromatic nitrogens is 3. The van der Waals surface area contributed by atoms with E-state index in [2.05, 4.69) is 72.3 Å². The molecule has 1 fully saturated rings. The first-order valence-corrected chi connectivity index (χ1v) is 15.8. The van der Waals surface area contributed by atoms with Crippen LogP contribution >= 0.6 is 125 Å². The molecule has 4 rings (SSSR count). The van der Waals surface area contributed by atoms with Crippen LogP contribution in [-0.2, 0) is 6.61 Å². The van der Waals surface area contributed by atoms with Gasteiger partial charge in [-0.1, -0.05) is 23.6 Å². The number of imidazole rings is 1. The maximum atomic E-state index is 14.5. The van der Waals surface area contributed by atoms with Gasteiger partial charge in [0.2, 0.25) is 0 Å². The zero-order chi connectivity index (χ0) is 29.7. The van der Waals surface area contributed by atoms with Gasteiger partial charge in [0.1, 0.15) is 51.0 Å². The first-order valence-electron chi connectivity index (χ1n) is 10.9. The van der Waals surface area contributed by atoms with E-state index in [0.29, 0.717) is 16.5 Å². The summed E-state index contributed by atoms with van der Waals surface area (Å²) in [6.45, 7) is -0.660. The predicted molar refractivity (Wildman–Crippen MR) is 186 cm³/mol. The Labute approximate surface area is 283 Å². The number of ether oxygens (including phenoxy) is 1. The molecule has 2 heterocycles. The largest absolute Gasteiger partial charge is 0.487 e. The Balaban J connectivity index is 1.74. The van der Waals surface area contributed by atoms with Crippen molar-refractivity contribution in [2.75, 3.05) is 6.61 Å². The van der Waals surface area contributed by atoms with Crippen LogP contribution in [-0.4, -0.2) is 46.6 Å². The van der Waals surface area contributed by atoms with Crippen LogP contribution in [0.15, 0.2) is 48.0 Å². The molecule has 1 aliphatic carbocycles. The number of hydrogen-bond donors (Lipinski definition) is 10. The highest BCUT2D eigenvalue weighted by molar-refractivity contribution is 8.21. The summed E-state index contributed by atoms with van der Waals surface area (Å²) in [6.07, 6.45) is 4.75. The van der Waals surface area contributed by atoms with Crippen molar-refractivity contribution in [3.8, 4) is 23.3 Å². The number of thiol groups is 9. The lowest BCUT2D eigenvalue weighted by atomic mass is 10.2. The molecule has 1 aromatic carbocycles. The summed E-state index contributed by atoms with van der Waals surface area (Å²) in [5.41, 5.74) is 0.658. The van der Waals surface area contributed by atoms with E-state index < -0.39 is 44.2 Å². The number of rotatable bonds is 6. The molecule has 5 nitrogen and oxygen atoms in total. The Morgan fingerprint density at radius 1 is 0.925 bits per heavy atom. The molecule has 1 saturated carbocycles. The summed E-state index contributed by atoms with van der Waals surface area (Å²) < 4.78 is 29.5. The first-order chi connectivity index (χ1) is 18.5. The molecular weight excluding hydrogens is 709 g/mol. The molecule has 40 heavy (non-hydrogen) atoms. The Kier molecular flexibility index (Phi) is 9.93. The van der Waals surface area contributed by atoms with Crippen molar-refractivity contribution in [2.45, 2.75) is 32.2 Å². The van der Waals surface area contributed by atoms with E-state index in [4.69, 9.17) is 73.0 Å². The average molecular weight is 730 g/mol. The molecule has 1 N–H and O–H groups in total. The second-order valence-corrected chi connectivity index (χ2v) is 17.5. The van der Waals surface area contributed by atoms with Gasteiger partial charge in [-0.2, -0.15) is 114 Å². The third kappa shape index (κ3) is 5.28. The molecule has 0 radical (unpaired) electrons. The minimum atomic E-state index is -1.40. The molecule has 1 aliphatic rings. The highest BCUT2D eigenvalue weighted by Gasteiger charge is 2.81. The zero-order valence-electron chi connectivity index (χ0n) is 19.8. The lowest BCUT2D eigenvalue weighted by molar-refractivity contribution is 0.295. The topological polar surface area (TPSA) is 60.2 Å². The van der Waals surface area contributed by atoms with Crippen LogP contribution in [0.25, 0.3) is 5.69 Å². The lowest BCUT2D eigenvalue weighted by Crippen LogP contribution is -2.49. The summed E-state index contributed by atoms with van der Waals surface area (Å²) in [5.74, 6) is 2.55. The van der Waals surface area contributed by atoms with E-state index in [9.17, 15) is 8.78 Å². The van der Waals surface area contributed by atoms with Crippen LogP contribution in [0.5, 0.6) is 5.75 Å². The quantitative estimate of drug-likeness (QED) is 0.0955. The van der Waals surface area contributed by atoms with Crippen molar-refractivity contribution in [1.29, 1.82) is 0 Å². The molecular formula is C23H21F2N3O2S10. The van der Waals surface area contributed by atoms with Crippen LogP contribution < -0.4 is 4.74 Å². The van der Waals surface area contributed by atoms with E-state index in [0.717, 1.165) is 23.9 Å². The van der Waals surface area contributed by atoms with Crippen LogP contribution in [0.1, 0.15) is 11.3 Å². The monoisotopic (exact) mass is 729 g/mol. The molecule has 2 aromatic heterocycles. The molecule has 0 aliphatic heterocycles. The summed E-state index contributed by atoms with van der Waals surface area (Å²) in [6, 6.07) is 5.55. The van der Waals surface area contributed by atoms with Crippen molar-refractivity contribution in [3.63, 3.8) is 0 Å². The third-order valence-electron chi connectivity index (χ3n) is 6.04. The Hall–Kier alpha value is 0.260. The van der Waals surface area contributed by atoms with Crippen molar-refractivity contribution in [1.82, 2.24) is 14.5 Å². The standard InChI is InChI=1S/C23H21F2N3O2S10/c24-16-7-14(8-17(25)15(16)4-2-6-29)30-11-13-10-27-18(28(13)12-3-1-5-26-9-12)40-23(39)21(35,36)19(31,32)20(33,34)22(23,37)38/h1,3,5,7-10,29,31-39H,6,11H2. The molecule has 0 saturated heterocycles. The van der Waals surface area contributed by atoms with Crippen molar-refractivity contribution < 1.29 is 18.6 Å². The number of thioether (sulfide) groups is 1. The lowest BCUT2D eigenvalue weighted by Gasteiger charge is -2.43. The normalized spacial score (nSPS) is 19.6. The maximum Gasteiger partial charge on any atom is 0.174 e. The van der Waals surface area contributed by atoms with Gasteiger partial charge < -0.3 is 9.84 Å². The van der Waals surface area contributed by atoms with Gasteiger partial charge in [0.25, 0.3) is 0 Å². The highest BCUT2D eigenvalue weighted by atomic mass is 32.2. The van der Waals surface area contributed by atoms with Crippen LogP contribution in [0.3, 0.4) is 0 Å². The Bertz CT molecular complexity index is 1440. The van der Waals surface area contributed by atoms with Crippen molar-refractivity contribution in [3.05, 3.63) is 65.7 Å². The fourth-order valence-electron chi connectivity index (χ4n) is 3.82. The van der Waals surface area contributed by atoms with Gasteiger partial charge in [0, 0.05) is 18.3 Å². The molecule has 0 spiro atoms. The van der Waals surface area contributed by atoms with E-state index in [-0.39, 0.29) is 12.4 Å². The summed E-state index contributed by atoms with van der Waals surface area (Å²) in [4.78, 5) is 8.76. The van der Waals surface area contributed by atoms with Gasteiger partial charge in [0.05, 0.1) is 29.3 Å². The highest BCUT2D eigenvalue weighted by Crippen LogP contribution is 2.78. The number of halogens is 2.